The zero-order chi connectivity index (χ0) is 14.5. The fourth-order valence-electron chi connectivity index (χ4n) is 2.24. The number of hydrogen-bond acceptors (Lipinski definition) is 2. The minimum absolute atomic E-state index is 0.0963. The molecule has 2 nitrogen and oxygen atoms in total. The van der Waals surface area contributed by atoms with Crippen LogP contribution >= 0.6 is 15.9 Å². The SMILES string of the molecule is CCN(Cc1ccccc1)c1cc(Br)ccc1C(C)=O. The van der Waals surface area contributed by atoms with Gasteiger partial charge in [-0.2, -0.15) is 0 Å². The molecule has 104 valence electrons. The first-order valence-corrected chi connectivity index (χ1v) is 7.50. The molecular weight excluding hydrogens is 314 g/mol. The Morgan fingerprint density at radius 3 is 2.45 bits per heavy atom. The van der Waals surface area contributed by atoms with Gasteiger partial charge < -0.3 is 4.90 Å². The number of benzene rings is 2. The molecule has 2 rings (SSSR count). The highest BCUT2D eigenvalue weighted by molar-refractivity contribution is 9.10. The highest BCUT2D eigenvalue weighted by Crippen LogP contribution is 2.27. The lowest BCUT2D eigenvalue weighted by molar-refractivity contribution is 0.101. The van der Waals surface area contributed by atoms with Crippen molar-refractivity contribution in [2.24, 2.45) is 0 Å². The number of halogens is 1. The molecule has 0 amide bonds. The number of ketones is 1. The molecule has 0 aliphatic heterocycles. The lowest BCUT2D eigenvalue weighted by atomic mass is 10.1. The second kappa shape index (κ2) is 6.71. The Morgan fingerprint density at radius 2 is 1.85 bits per heavy atom. The quantitative estimate of drug-likeness (QED) is 0.741. The lowest BCUT2D eigenvalue weighted by Gasteiger charge is -2.25. The van der Waals surface area contributed by atoms with Gasteiger partial charge in [-0.1, -0.05) is 46.3 Å². The number of anilines is 1. The van der Waals surface area contributed by atoms with Crippen LogP contribution in [-0.2, 0) is 6.54 Å². The summed E-state index contributed by atoms with van der Waals surface area (Å²) in [6, 6.07) is 16.1. The summed E-state index contributed by atoms with van der Waals surface area (Å²) in [6.45, 7) is 5.37. The van der Waals surface area contributed by atoms with Crippen molar-refractivity contribution >= 4 is 27.4 Å². The third-order valence-corrected chi connectivity index (χ3v) is 3.77. The highest BCUT2D eigenvalue weighted by atomic mass is 79.9. The molecule has 0 radical (unpaired) electrons. The molecule has 0 spiro atoms. The van der Waals surface area contributed by atoms with Crippen LogP contribution in [0.15, 0.2) is 53.0 Å². The van der Waals surface area contributed by atoms with Gasteiger partial charge in [-0.05, 0) is 37.6 Å². The van der Waals surface area contributed by atoms with Crippen molar-refractivity contribution in [2.75, 3.05) is 11.4 Å². The predicted molar refractivity (Wildman–Crippen MR) is 87.3 cm³/mol. The van der Waals surface area contributed by atoms with Crippen molar-refractivity contribution in [1.29, 1.82) is 0 Å². The van der Waals surface area contributed by atoms with Crippen molar-refractivity contribution in [3.05, 3.63) is 64.1 Å². The van der Waals surface area contributed by atoms with Crippen LogP contribution in [0.25, 0.3) is 0 Å². The van der Waals surface area contributed by atoms with Crippen molar-refractivity contribution in [3.8, 4) is 0 Å². The molecule has 0 aliphatic rings. The molecule has 0 unspecified atom stereocenters. The van der Waals surface area contributed by atoms with Gasteiger partial charge >= 0.3 is 0 Å². The van der Waals surface area contributed by atoms with Gasteiger partial charge in [0.15, 0.2) is 5.78 Å². The van der Waals surface area contributed by atoms with Crippen LogP contribution < -0.4 is 4.90 Å². The van der Waals surface area contributed by atoms with Gasteiger partial charge in [0, 0.05) is 28.8 Å². The molecule has 0 heterocycles. The van der Waals surface area contributed by atoms with Crippen LogP contribution in [0.3, 0.4) is 0 Å². The molecule has 0 aromatic heterocycles. The predicted octanol–water partition coefficient (Wildman–Crippen LogP) is 4.68. The monoisotopic (exact) mass is 331 g/mol. The summed E-state index contributed by atoms with van der Waals surface area (Å²) in [4.78, 5) is 14.0. The standard InChI is InChI=1S/C17H18BrNO/c1-3-19(12-14-7-5-4-6-8-14)17-11-15(18)9-10-16(17)13(2)20/h4-11H,3,12H2,1-2H3. The minimum atomic E-state index is 0.0963. The number of carbonyl (C=O) groups excluding carboxylic acids is 1. The molecule has 0 fully saturated rings. The van der Waals surface area contributed by atoms with E-state index in [1.54, 1.807) is 6.92 Å². The summed E-state index contributed by atoms with van der Waals surface area (Å²) in [7, 11) is 0. The number of hydrogen-bond donors (Lipinski definition) is 0. The zero-order valence-corrected chi connectivity index (χ0v) is 13.4. The molecule has 20 heavy (non-hydrogen) atoms. The second-order valence-corrected chi connectivity index (χ2v) is 5.63. The third-order valence-electron chi connectivity index (χ3n) is 3.28. The Balaban J connectivity index is 2.36. The van der Waals surface area contributed by atoms with E-state index in [1.165, 1.54) is 5.56 Å². The van der Waals surface area contributed by atoms with E-state index in [-0.39, 0.29) is 5.78 Å². The molecule has 2 aromatic rings. The Kier molecular flexibility index (Phi) is 4.96. The fraction of sp³-hybridized carbons (Fsp3) is 0.235. The van der Waals surface area contributed by atoms with E-state index in [2.05, 4.69) is 39.9 Å². The van der Waals surface area contributed by atoms with E-state index in [4.69, 9.17) is 0 Å². The summed E-state index contributed by atoms with van der Waals surface area (Å²) in [5.41, 5.74) is 2.99. The second-order valence-electron chi connectivity index (χ2n) is 4.72. The average molecular weight is 332 g/mol. The molecule has 0 bridgehead atoms. The van der Waals surface area contributed by atoms with E-state index in [0.29, 0.717) is 0 Å². The molecule has 0 saturated carbocycles. The first-order chi connectivity index (χ1) is 9.61. The Hall–Kier alpha value is -1.61. The van der Waals surface area contributed by atoms with E-state index in [9.17, 15) is 4.79 Å². The Morgan fingerprint density at radius 1 is 1.15 bits per heavy atom. The van der Waals surface area contributed by atoms with E-state index >= 15 is 0 Å². The van der Waals surface area contributed by atoms with E-state index in [0.717, 1.165) is 28.8 Å². The summed E-state index contributed by atoms with van der Waals surface area (Å²) in [6.07, 6.45) is 0. The van der Waals surface area contributed by atoms with Gasteiger partial charge in [0.2, 0.25) is 0 Å². The largest absolute Gasteiger partial charge is 0.367 e. The van der Waals surface area contributed by atoms with Crippen molar-refractivity contribution < 1.29 is 4.79 Å². The minimum Gasteiger partial charge on any atom is -0.367 e. The van der Waals surface area contributed by atoms with Gasteiger partial charge in [-0.3, -0.25) is 4.79 Å². The van der Waals surface area contributed by atoms with Crippen LogP contribution in [0.4, 0.5) is 5.69 Å². The zero-order valence-electron chi connectivity index (χ0n) is 11.8. The first kappa shape index (κ1) is 14.8. The number of rotatable bonds is 5. The molecule has 0 aliphatic carbocycles. The van der Waals surface area contributed by atoms with Crippen molar-refractivity contribution in [1.82, 2.24) is 0 Å². The molecule has 0 N–H and O–H groups in total. The average Bonchev–Trinajstić information content (AvgIpc) is 2.45. The molecule has 0 atom stereocenters. The lowest BCUT2D eigenvalue weighted by Crippen LogP contribution is -2.24. The van der Waals surface area contributed by atoms with E-state index in [1.807, 2.05) is 36.4 Å². The normalized spacial score (nSPS) is 10.3. The number of carbonyl (C=O) groups is 1. The summed E-state index contributed by atoms with van der Waals surface area (Å²) in [5, 5.41) is 0. The Bertz CT molecular complexity index is 595. The van der Waals surface area contributed by atoms with Crippen LogP contribution in [-0.4, -0.2) is 12.3 Å². The summed E-state index contributed by atoms with van der Waals surface area (Å²) in [5.74, 6) is 0.0963. The van der Waals surface area contributed by atoms with Crippen LogP contribution in [0, 0.1) is 0 Å². The Labute approximate surface area is 128 Å². The van der Waals surface area contributed by atoms with Gasteiger partial charge in [0.05, 0.1) is 0 Å². The van der Waals surface area contributed by atoms with Gasteiger partial charge in [0.25, 0.3) is 0 Å². The molecular formula is C17H18BrNO. The van der Waals surface area contributed by atoms with Crippen LogP contribution in [0.1, 0.15) is 29.8 Å². The van der Waals surface area contributed by atoms with Crippen LogP contribution in [0.5, 0.6) is 0 Å². The van der Waals surface area contributed by atoms with Crippen molar-refractivity contribution in [2.45, 2.75) is 20.4 Å². The fourth-order valence-corrected chi connectivity index (χ4v) is 2.58. The maximum atomic E-state index is 11.8. The van der Waals surface area contributed by atoms with Gasteiger partial charge in [-0.25, -0.2) is 0 Å². The maximum absolute atomic E-state index is 11.8. The van der Waals surface area contributed by atoms with Crippen molar-refractivity contribution in [3.63, 3.8) is 0 Å². The maximum Gasteiger partial charge on any atom is 0.161 e. The topological polar surface area (TPSA) is 20.3 Å². The van der Waals surface area contributed by atoms with Crippen LogP contribution in [0.2, 0.25) is 0 Å². The summed E-state index contributed by atoms with van der Waals surface area (Å²) < 4.78 is 0.990. The molecule has 3 heteroatoms. The molecule has 2 aromatic carbocycles. The smallest absolute Gasteiger partial charge is 0.161 e. The first-order valence-electron chi connectivity index (χ1n) is 6.71. The third kappa shape index (κ3) is 3.48. The summed E-state index contributed by atoms with van der Waals surface area (Å²) >= 11 is 3.49. The van der Waals surface area contributed by atoms with Gasteiger partial charge in [0.1, 0.15) is 0 Å². The highest BCUT2D eigenvalue weighted by Gasteiger charge is 2.13. The number of nitrogens with zero attached hydrogens (tertiary/aromatic N) is 1. The van der Waals surface area contributed by atoms with Gasteiger partial charge in [-0.15, -0.1) is 0 Å². The van der Waals surface area contributed by atoms with E-state index < -0.39 is 0 Å². The number of Topliss-reactive ketones (excluding diaryl/α,β-unsaturated/α-hetero) is 1. The molecule has 0 saturated heterocycles.